The van der Waals surface area contributed by atoms with Crippen LogP contribution in [0.5, 0.6) is 5.75 Å². The third kappa shape index (κ3) is 4.33. The molecule has 25 heavy (non-hydrogen) atoms. The lowest BCUT2D eigenvalue weighted by Gasteiger charge is -2.27. The summed E-state index contributed by atoms with van der Waals surface area (Å²) in [7, 11) is 0. The van der Waals surface area contributed by atoms with Gasteiger partial charge in [0.15, 0.2) is 11.6 Å². The number of aryl methyl sites for hydroxylation is 1. The fraction of sp³-hybridized carbons (Fsp3) is 0.450. The highest BCUT2D eigenvalue weighted by molar-refractivity contribution is 5.35. The quantitative estimate of drug-likeness (QED) is 0.810. The van der Waals surface area contributed by atoms with Gasteiger partial charge in [0, 0.05) is 18.3 Å². The summed E-state index contributed by atoms with van der Waals surface area (Å²) >= 11 is 0. The second-order valence-electron chi connectivity index (χ2n) is 6.59. The molecule has 1 aliphatic rings. The zero-order valence-electron chi connectivity index (χ0n) is 14.4. The van der Waals surface area contributed by atoms with E-state index < -0.39 is 5.82 Å². The Hall–Kier alpha value is -2.48. The number of benzene rings is 1. The molecule has 4 nitrogen and oxygen atoms in total. The Balaban J connectivity index is 1.50. The molecule has 0 amide bonds. The van der Waals surface area contributed by atoms with Crippen molar-refractivity contribution in [3.63, 3.8) is 0 Å². The zero-order valence-corrected chi connectivity index (χ0v) is 14.4. The molecule has 2 aromatic rings. The first-order valence-corrected chi connectivity index (χ1v) is 8.82. The van der Waals surface area contributed by atoms with Gasteiger partial charge in [0.1, 0.15) is 5.82 Å². The summed E-state index contributed by atoms with van der Waals surface area (Å²) in [6.45, 7) is 2.60. The Morgan fingerprint density at radius 2 is 1.92 bits per heavy atom. The van der Waals surface area contributed by atoms with E-state index in [1.165, 1.54) is 12.1 Å². The lowest BCUT2D eigenvalue weighted by Crippen LogP contribution is -2.20. The Labute approximate surface area is 147 Å². The molecule has 0 bridgehead atoms. The molecule has 0 aliphatic heterocycles. The van der Waals surface area contributed by atoms with E-state index in [0.717, 1.165) is 43.5 Å². The lowest BCUT2D eigenvalue weighted by molar-refractivity contribution is 0.192. The maximum atomic E-state index is 13.8. The third-order valence-electron chi connectivity index (χ3n) is 4.88. The van der Waals surface area contributed by atoms with Gasteiger partial charge in [0.2, 0.25) is 0 Å². The van der Waals surface area contributed by atoms with Crippen molar-refractivity contribution in [3.8, 4) is 11.8 Å². The van der Waals surface area contributed by atoms with Crippen molar-refractivity contribution in [2.24, 2.45) is 5.92 Å². The molecule has 0 atom stereocenters. The third-order valence-corrected chi connectivity index (χ3v) is 4.88. The maximum absolute atomic E-state index is 13.8. The molecule has 3 rings (SSSR count). The fourth-order valence-corrected chi connectivity index (χ4v) is 3.24. The highest BCUT2D eigenvalue weighted by Crippen LogP contribution is 2.34. The number of hydrogen-bond donors (Lipinski definition) is 0. The minimum atomic E-state index is -0.475. The Morgan fingerprint density at radius 3 is 2.52 bits per heavy atom. The number of nitrogens with zero attached hydrogens (tertiary/aromatic N) is 3. The van der Waals surface area contributed by atoms with Crippen molar-refractivity contribution in [3.05, 3.63) is 53.4 Å². The molecule has 5 heteroatoms. The maximum Gasteiger partial charge on any atom is 0.166 e. The summed E-state index contributed by atoms with van der Waals surface area (Å²) in [5, 5.41) is 8.77. The number of aromatic nitrogens is 2. The average molecular weight is 339 g/mol. The number of hydrogen-bond acceptors (Lipinski definition) is 4. The van der Waals surface area contributed by atoms with Crippen LogP contribution < -0.4 is 4.74 Å². The van der Waals surface area contributed by atoms with Crippen molar-refractivity contribution in [2.45, 2.75) is 44.9 Å². The van der Waals surface area contributed by atoms with Gasteiger partial charge in [-0.15, -0.1) is 0 Å². The van der Waals surface area contributed by atoms with E-state index in [1.54, 1.807) is 6.07 Å². The zero-order chi connectivity index (χ0) is 17.6. The predicted molar refractivity (Wildman–Crippen MR) is 92.7 cm³/mol. The van der Waals surface area contributed by atoms with Gasteiger partial charge in [-0.3, -0.25) is 0 Å². The highest BCUT2D eigenvalue weighted by atomic mass is 19.1. The molecule has 1 aromatic heterocycles. The Morgan fingerprint density at radius 1 is 1.20 bits per heavy atom. The molecule has 0 radical (unpaired) electrons. The number of ether oxygens (including phenoxy) is 1. The summed E-state index contributed by atoms with van der Waals surface area (Å²) in [5.41, 5.74) is 1.47. The normalized spacial score (nSPS) is 20.0. The van der Waals surface area contributed by atoms with Gasteiger partial charge in [0.05, 0.1) is 18.2 Å². The van der Waals surface area contributed by atoms with Crippen molar-refractivity contribution < 1.29 is 9.13 Å². The van der Waals surface area contributed by atoms with Crippen LogP contribution in [0.15, 0.2) is 30.6 Å². The van der Waals surface area contributed by atoms with Gasteiger partial charge in [-0.2, -0.15) is 5.26 Å². The van der Waals surface area contributed by atoms with Crippen LogP contribution in [0.4, 0.5) is 4.39 Å². The van der Waals surface area contributed by atoms with Crippen LogP contribution >= 0.6 is 0 Å². The van der Waals surface area contributed by atoms with Crippen molar-refractivity contribution in [2.75, 3.05) is 6.61 Å². The van der Waals surface area contributed by atoms with E-state index in [4.69, 9.17) is 10.00 Å². The SMILES string of the molecule is CCc1cnc(C2CCC(COc3ccc(C#N)cc3F)CC2)nc1. The van der Waals surface area contributed by atoms with Crippen LogP contribution in [-0.2, 0) is 6.42 Å². The molecule has 1 heterocycles. The monoisotopic (exact) mass is 339 g/mol. The molecule has 1 aliphatic carbocycles. The molecule has 0 unspecified atom stereocenters. The Kier molecular flexibility index (Phi) is 5.60. The van der Waals surface area contributed by atoms with Gasteiger partial charge in [-0.25, -0.2) is 14.4 Å². The van der Waals surface area contributed by atoms with E-state index in [2.05, 4.69) is 16.9 Å². The van der Waals surface area contributed by atoms with E-state index in [0.29, 0.717) is 24.0 Å². The molecule has 1 aromatic carbocycles. The largest absolute Gasteiger partial charge is 0.490 e. The van der Waals surface area contributed by atoms with Crippen LogP contribution in [0.25, 0.3) is 0 Å². The molecular formula is C20H22FN3O. The summed E-state index contributed by atoms with van der Waals surface area (Å²) in [6, 6.07) is 6.24. The van der Waals surface area contributed by atoms with Crippen molar-refractivity contribution in [1.82, 2.24) is 9.97 Å². The number of nitriles is 1. The minimum Gasteiger partial charge on any atom is -0.490 e. The molecule has 0 spiro atoms. The smallest absolute Gasteiger partial charge is 0.166 e. The summed E-state index contributed by atoms with van der Waals surface area (Å²) in [6.07, 6.45) is 8.93. The van der Waals surface area contributed by atoms with Gasteiger partial charge < -0.3 is 4.74 Å². The summed E-state index contributed by atoms with van der Waals surface area (Å²) in [4.78, 5) is 9.00. The first-order chi connectivity index (χ1) is 12.2. The van der Waals surface area contributed by atoms with E-state index in [9.17, 15) is 4.39 Å². The highest BCUT2D eigenvalue weighted by Gasteiger charge is 2.24. The molecular weight excluding hydrogens is 317 g/mol. The van der Waals surface area contributed by atoms with Crippen molar-refractivity contribution >= 4 is 0 Å². The van der Waals surface area contributed by atoms with Gasteiger partial charge in [-0.05, 0) is 61.8 Å². The van der Waals surface area contributed by atoms with E-state index in [1.807, 2.05) is 18.5 Å². The average Bonchev–Trinajstić information content (AvgIpc) is 2.67. The van der Waals surface area contributed by atoms with Crippen LogP contribution in [-0.4, -0.2) is 16.6 Å². The predicted octanol–water partition coefficient (Wildman–Crippen LogP) is 4.40. The molecule has 0 N–H and O–H groups in total. The van der Waals surface area contributed by atoms with Gasteiger partial charge in [-0.1, -0.05) is 6.92 Å². The van der Waals surface area contributed by atoms with Gasteiger partial charge >= 0.3 is 0 Å². The minimum absolute atomic E-state index is 0.222. The standard InChI is InChI=1S/C20H22FN3O/c1-2-14-11-23-20(24-12-14)17-6-3-15(4-7-17)13-25-19-8-5-16(10-22)9-18(19)21/h5,8-9,11-12,15,17H,2-4,6-7,13H2,1H3. The first kappa shape index (κ1) is 17.3. The first-order valence-electron chi connectivity index (χ1n) is 8.82. The molecule has 0 saturated heterocycles. The van der Waals surface area contributed by atoms with Crippen LogP contribution in [0.1, 0.15) is 55.5 Å². The van der Waals surface area contributed by atoms with Gasteiger partial charge in [0.25, 0.3) is 0 Å². The summed E-state index contributed by atoms with van der Waals surface area (Å²) < 4.78 is 19.5. The van der Waals surface area contributed by atoms with Crippen LogP contribution in [0.3, 0.4) is 0 Å². The molecule has 130 valence electrons. The number of halogens is 1. The lowest BCUT2D eigenvalue weighted by atomic mass is 9.82. The fourth-order valence-electron chi connectivity index (χ4n) is 3.24. The molecule has 1 fully saturated rings. The Bertz CT molecular complexity index is 747. The van der Waals surface area contributed by atoms with E-state index >= 15 is 0 Å². The van der Waals surface area contributed by atoms with Crippen molar-refractivity contribution in [1.29, 1.82) is 5.26 Å². The van der Waals surface area contributed by atoms with Crippen LogP contribution in [0, 0.1) is 23.1 Å². The molecule has 1 saturated carbocycles. The topological polar surface area (TPSA) is 58.8 Å². The number of rotatable bonds is 5. The second-order valence-corrected chi connectivity index (χ2v) is 6.59. The van der Waals surface area contributed by atoms with E-state index in [-0.39, 0.29) is 5.75 Å². The summed E-state index contributed by atoms with van der Waals surface area (Å²) in [5.74, 6) is 1.52. The second kappa shape index (κ2) is 8.06. The van der Waals surface area contributed by atoms with Crippen LogP contribution in [0.2, 0.25) is 0 Å².